The van der Waals surface area contributed by atoms with Gasteiger partial charge < -0.3 is 19.1 Å². The molecule has 1 atom stereocenters. The number of carbonyl (C=O) groups excluding carboxylic acids is 1. The van der Waals surface area contributed by atoms with Crippen LogP contribution in [0.5, 0.6) is 17.2 Å². The van der Waals surface area contributed by atoms with Crippen molar-refractivity contribution in [3.8, 4) is 17.2 Å². The summed E-state index contributed by atoms with van der Waals surface area (Å²) in [5, 5.41) is 0.650. The molecule has 1 heterocycles. The van der Waals surface area contributed by atoms with Crippen molar-refractivity contribution in [1.82, 2.24) is 4.90 Å². The zero-order valence-corrected chi connectivity index (χ0v) is 16.8. The second kappa shape index (κ2) is 8.09. The molecule has 0 bridgehead atoms. The molecule has 5 nitrogen and oxygen atoms in total. The highest BCUT2D eigenvalue weighted by molar-refractivity contribution is 6.30. The molecule has 27 heavy (non-hydrogen) atoms. The first-order valence-electron chi connectivity index (χ1n) is 8.87. The zero-order valence-electron chi connectivity index (χ0n) is 16.0. The fourth-order valence-corrected chi connectivity index (χ4v) is 3.71. The standard InChI is InChI=1S/C21H24ClNO4/c1-13-9-16(22)5-6-18(13)27-12-21(24)23-8-7-15-10-19(25-3)20(26-4)11-17(15)14(23)2/h5-6,9-11,14H,7-8,12H2,1-4H3/t14-/m1/s1. The van der Waals surface area contributed by atoms with Crippen molar-refractivity contribution in [3.05, 3.63) is 52.0 Å². The van der Waals surface area contributed by atoms with E-state index in [0.29, 0.717) is 28.8 Å². The Bertz CT molecular complexity index is 852. The van der Waals surface area contributed by atoms with E-state index in [0.717, 1.165) is 17.5 Å². The lowest BCUT2D eigenvalue weighted by atomic mass is 9.92. The van der Waals surface area contributed by atoms with Crippen molar-refractivity contribution in [2.45, 2.75) is 26.3 Å². The van der Waals surface area contributed by atoms with Crippen LogP contribution in [0.3, 0.4) is 0 Å². The van der Waals surface area contributed by atoms with Crippen molar-refractivity contribution in [1.29, 1.82) is 0 Å². The third-order valence-electron chi connectivity index (χ3n) is 4.99. The van der Waals surface area contributed by atoms with E-state index in [-0.39, 0.29) is 18.6 Å². The van der Waals surface area contributed by atoms with Gasteiger partial charge in [-0.1, -0.05) is 11.6 Å². The fraction of sp³-hybridized carbons (Fsp3) is 0.381. The molecular formula is C21H24ClNO4. The minimum Gasteiger partial charge on any atom is -0.493 e. The SMILES string of the molecule is COc1cc2c(cc1OC)[C@@H](C)N(C(=O)COc1ccc(Cl)cc1C)CC2. The Hall–Kier alpha value is -2.40. The van der Waals surface area contributed by atoms with Gasteiger partial charge in [-0.25, -0.2) is 0 Å². The third-order valence-corrected chi connectivity index (χ3v) is 5.23. The molecule has 0 aliphatic carbocycles. The zero-order chi connectivity index (χ0) is 19.6. The highest BCUT2D eigenvalue weighted by atomic mass is 35.5. The first-order chi connectivity index (χ1) is 12.9. The van der Waals surface area contributed by atoms with E-state index in [4.69, 9.17) is 25.8 Å². The quantitative estimate of drug-likeness (QED) is 0.769. The Kier molecular flexibility index (Phi) is 5.80. The van der Waals surface area contributed by atoms with Crippen LogP contribution in [0.4, 0.5) is 0 Å². The summed E-state index contributed by atoms with van der Waals surface area (Å²) in [6.07, 6.45) is 0.770. The van der Waals surface area contributed by atoms with Crippen LogP contribution >= 0.6 is 11.6 Å². The first-order valence-corrected chi connectivity index (χ1v) is 9.25. The van der Waals surface area contributed by atoms with Gasteiger partial charge in [0, 0.05) is 11.6 Å². The summed E-state index contributed by atoms with van der Waals surface area (Å²) in [6.45, 7) is 4.57. The number of halogens is 1. The van der Waals surface area contributed by atoms with Gasteiger partial charge >= 0.3 is 0 Å². The topological polar surface area (TPSA) is 48.0 Å². The van der Waals surface area contributed by atoms with Gasteiger partial charge in [-0.15, -0.1) is 0 Å². The molecule has 1 amide bonds. The second-order valence-corrected chi connectivity index (χ2v) is 7.05. The number of ether oxygens (including phenoxy) is 3. The number of carbonyl (C=O) groups is 1. The van der Waals surface area contributed by atoms with Crippen LogP contribution in [0.15, 0.2) is 30.3 Å². The number of amides is 1. The lowest BCUT2D eigenvalue weighted by Gasteiger charge is -2.35. The van der Waals surface area contributed by atoms with Gasteiger partial charge in [-0.2, -0.15) is 0 Å². The fourth-order valence-electron chi connectivity index (χ4n) is 3.48. The molecule has 0 radical (unpaired) electrons. The number of rotatable bonds is 5. The van der Waals surface area contributed by atoms with Crippen LogP contribution in [0.25, 0.3) is 0 Å². The number of fused-ring (bicyclic) bond motifs is 1. The lowest BCUT2D eigenvalue weighted by molar-refractivity contribution is -0.136. The summed E-state index contributed by atoms with van der Waals surface area (Å²) in [5.41, 5.74) is 3.16. The lowest BCUT2D eigenvalue weighted by Crippen LogP contribution is -2.41. The van der Waals surface area contributed by atoms with Gasteiger partial charge in [0.2, 0.25) is 0 Å². The second-order valence-electron chi connectivity index (χ2n) is 6.62. The van der Waals surface area contributed by atoms with Crippen molar-refractivity contribution in [2.75, 3.05) is 27.4 Å². The Morgan fingerprint density at radius 1 is 1.15 bits per heavy atom. The Labute approximate surface area is 164 Å². The summed E-state index contributed by atoms with van der Waals surface area (Å²) in [4.78, 5) is 14.6. The molecule has 144 valence electrons. The average molecular weight is 390 g/mol. The van der Waals surface area contributed by atoms with E-state index in [2.05, 4.69) is 0 Å². The number of methoxy groups -OCH3 is 2. The summed E-state index contributed by atoms with van der Waals surface area (Å²) in [6, 6.07) is 9.27. The third kappa shape index (κ3) is 3.98. The van der Waals surface area contributed by atoms with E-state index in [9.17, 15) is 4.79 Å². The van der Waals surface area contributed by atoms with E-state index < -0.39 is 0 Å². The normalized spacial score (nSPS) is 15.9. The predicted octanol–water partition coefficient (Wildman–Crippen LogP) is 4.19. The minimum absolute atomic E-state index is 0.00453. The number of aryl methyl sites for hydroxylation is 1. The largest absolute Gasteiger partial charge is 0.493 e. The molecule has 2 aromatic carbocycles. The summed E-state index contributed by atoms with van der Waals surface area (Å²) in [5.74, 6) is 2.01. The van der Waals surface area contributed by atoms with Crippen molar-refractivity contribution in [2.24, 2.45) is 0 Å². The van der Waals surface area contributed by atoms with Crippen molar-refractivity contribution < 1.29 is 19.0 Å². The first kappa shape index (κ1) is 19.4. The molecule has 0 saturated carbocycles. The maximum Gasteiger partial charge on any atom is 0.261 e. The van der Waals surface area contributed by atoms with Crippen LogP contribution in [-0.2, 0) is 11.2 Å². The summed E-state index contributed by atoms with van der Waals surface area (Å²) < 4.78 is 16.5. The molecule has 3 rings (SSSR count). The Morgan fingerprint density at radius 3 is 2.52 bits per heavy atom. The number of nitrogens with zero attached hydrogens (tertiary/aromatic N) is 1. The van der Waals surface area contributed by atoms with E-state index in [1.165, 1.54) is 5.56 Å². The van der Waals surface area contributed by atoms with Crippen LogP contribution < -0.4 is 14.2 Å². The van der Waals surface area contributed by atoms with Gasteiger partial charge in [0.15, 0.2) is 18.1 Å². The van der Waals surface area contributed by atoms with Crippen LogP contribution in [0.2, 0.25) is 5.02 Å². The van der Waals surface area contributed by atoms with E-state index in [1.54, 1.807) is 26.4 Å². The maximum absolute atomic E-state index is 12.8. The van der Waals surface area contributed by atoms with Gasteiger partial charge in [-0.05, 0) is 67.3 Å². The maximum atomic E-state index is 12.8. The Morgan fingerprint density at radius 2 is 1.85 bits per heavy atom. The number of hydrogen-bond acceptors (Lipinski definition) is 4. The molecule has 1 aliphatic rings. The summed E-state index contributed by atoms with van der Waals surface area (Å²) in [7, 11) is 3.24. The summed E-state index contributed by atoms with van der Waals surface area (Å²) >= 11 is 5.96. The molecule has 0 fully saturated rings. The highest BCUT2D eigenvalue weighted by Crippen LogP contribution is 2.38. The molecular weight excluding hydrogens is 366 g/mol. The van der Waals surface area contributed by atoms with Gasteiger partial charge in [0.05, 0.1) is 20.3 Å². The number of hydrogen-bond donors (Lipinski definition) is 0. The molecule has 1 aliphatic heterocycles. The molecule has 0 unspecified atom stereocenters. The molecule has 0 aromatic heterocycles. The molecule has 6 heteroatoms. The molecule has 2 aromatic rings. The average Bonchev–Trinajstić information content (AvgIpc) is 2.66. The predicted molar refractivity (Wildman–Crippen MR) is 105 cm³/mol. The van der Waals surface area contributed by atoms with Crippen molar-refractivity contribution in [3.63, 3.8) is 0 Å². The monoisotopic (exact) mass is 389 g/mol. The highest BCUT2D eigenvalue weighted by Gasteiger charge is 2.29. The molecule has 0 saturated heterocycles. The van der Waals surface area contributed by atoms with Crippen LogP contribution in [0.1, 0.15) is 29.7 Å². The van der Waals surface area contributed by atoms with Crippen LogP contribution in [-0.4, -0.2) is 38.2 Å². The smallest absolute Gasteiger partial charge is 0.261 e. The van der Waals surface area contributed by atoms with Gasteiger partial charge in [-0.3, -0.25) is 4.79 Å². The van der Waals surface area contributed by atoms with E-state index >= 15 is 0 Å². The number of benzene rings is 2. The Balaban J connectivity index is 1.74. The van der Waals surface area contributed by atoms with Crippen LogP contribution in [0, 0.1) is 6.92 Å². The molecule has 0 N–H and O–H groups in total. The van der Waals surface area contributed by atoms with E-state index in [1.807, 2.05) is 36.9 Å². The minimum atomic E-state index is -0.0593. The van der Waals surface area contributed by atoms with Gasteiger partial charge in [0.25, 0.3) is 5.91 Å². The van der Waals surface area contributed by atoms with Gasteiger partial charge in [0.1, 0.15) is 5.75 Å². The molecule has 0 spiro atoms. The van der Waals surface area contributed by atoms with Crippen molar-refractivity contribution >= 4 is 17.5 Å².